The zero-order valence-corrected chi connectivity index (χ0v) is 12.5. The first-order valence-corrected chi connectivity index (χ1v) is 7.31. The second-order valence-electron chi connectivity index (χ2n) is 5.92. The molecule has 0 saturated heterocycles. The van der Waals surface area contributed by atoms with E-state index < -0.39 is 11.5 Å². The van der Waals surface area contributed by atoms with Gasteiger partial charge in [0.05, 0.1) is 6.61 Å². The fraction of sp³-hybridized carbons (Fsp3) is 0.562. The van der Waals surface area contributed by atoms with E-state index in [4.69, 9.17) is 4.74 Å². The number of carbonyl (C=O) groups is 1. The molecule has 5 heteroatoms. The van der Waals surface area contributed by atoms with Crippen molar-refractivity contribution in [3.05, 3.63) is 29.6 Å². The quantitative estimate of drug-likeness (QED) is 0.724. The Hall–Kier alpha value is -1.62. The first kappa shape index (κ1) is 15.8. The van der Waals surface area contributed by atoms with E-state index in [-0.39, 0.29) is 5.82 Å². The lowest BCUT2D eigenvalue weighted by Gasteiger charge is -2.26. The third kappa shape index (κ3) is 4.43. The lowest BCUT2D eigenvalue weighted by Crippen LogP contribution is -2.50. The SMILES string of the molecule is Cc1cc(OCCCC(C)(NC2CC2)C(=O)O)ccc1F. The van der Waals surface area contributed by atoms with Crippen molar-refractivity contribution in [1.29, 1.82) is 0 Å². The third-order valence-electron chi connectivity index (χ3n) is 3.79. The van der Waals surface area contributed by atoms with Crippen LogP contribution in [0.1, 0.15) is 38.2 Å². The van der Waals surface area contributed by atoms with Crippen molar-refractivity contribution in [2.45, 2.75) is 51.1 Å². The number of aliphatic carboxylic acids is 1. The molecule has 0 amide bonds. The molecule has 116 valence electrons. The van der Waals surface area contributed by atoms with Crippen molar-refractivity contribution >= 4 is 5.97 Å². The summed E-state index contributed by atoms with van der Waals surface area (Å²) in [6.45, 7) is 3.82. The Kier molecular flexibility index (Phi) is 4.83. The molecule has 1 aliphatic rings. The second kappa shape index (κ2) is 6.43. The maximum Gasteiger partial charge on any atom is 0.323 e. The van der Waals surface area contributed by atoms with Crippen molar-refractivity contribution in [2.75, 3.05) is 6.61 Å². The molecule has 4 nitrogen and oxygen atoms in total. The number of hydrogen-bond donors (Lipinski definition) is 2. The number of hydrogen-bond acceptors (Lipinski definition) is 3. The van der Waals surface area contributed by atoms with Crippen LogP contribution in [-0.2, 0) is 4.79 Å². The number of halogens is 1. The summed E-state index contributed by atoms with van der Waals surface area (Å²) in [5, 5.41) is 12.5. The highest BCUT2D eigenvalue weighted by atomic mass is 19.1. The lowest BCUT2D eigenvalue weighted by molar-refractivity contribution is -0.144. The molecule has 0 aromatic heterocycles. The number of carboxylic acid groups (broad SMARTS) is 1. The van der Waals surface area contributed by atoms with Crippen LogP contribution in [0.5, 0.6) is 5.75 Å². The molecule has 0 aliphatic heterocycles. The minimum atomic E-state index is -0.900. The Balaban J connectivity index is 1.79. The average Bonchev–Trinajstić information content (AvgIpc) is 3.22. The Morgan fingerprint density at radius 2 is 2.24 bits per heavy atom. The van der Waals surface area contributed by atoms with E-state index in [2.05, 4.69) is 5.32 Å². The van der Waals surface area contributed by atoms with E-state index >= 15 is 0 Å². The Morgan fingerprint density at radius 1 is 1.52 bits per heavy atom. The third-order valence-corrected chi connectivity index (χ3v) is 3.79. The maximum atomic E-state index is 13.1. The summed E-state index contributed by atoms with van der Waals surface area (Å²) in [5.41, 5.74) is -0.359. The molecule has 0 radical (unpaired) electrons. The molecular formula is C16H22FNO3. The molecule has 1 aromatic carbocycles. The molecule has 0 heterocycles. The van der Waals surface area contributed by atoms with Crippen molar-refractivity contribution in [1.82, 2.24) is 5.32 Å². The topological polar surface area (TPSA) is 58.6 Å². The van der Waals surface area contributed by atoms with Gasteiger partial charge in [-0.1, -0.05) is 0 Å². The van der Waals surface area contributed by atoms with Crippen molar-refractivity contribution in [3.8, 4) is 5.75 Å². The fourth-order valence-corrected chi connectivity index (χ4v) is 2.24. The van der Waals surface area contributed by atoms with Crippen LogP contribution in [0.4, 0.5) is 4.39 Å². The summed E-state index contributed by atoms with van der Waals surface area (Å²) in [7, 11) is 0. The number of ether oxygens (including phenoxy) is 1. The van der Waals surface area contributed by atoms with Gasteiger partial charge in [0.1, 0.15) is 17.1 Å². The zero-order valence-electron chi connectivity index (χ0n) is 12.5. The van der Waals surface area contributed by atoms with Gasteiger partial charge in [-0.25, -0.2) is 4.39 Å². The molecule has 1 aromatic rings. The van der Waals surface area contributed by atoms with Gasteiger partial charge < -0.3 is 9.84 Å². The number of nitrogens with one attached hydrogen (secondary N) is 1. The van der Waals surface area contributed by atoms with Gasteiger partial charge in [-0.05, 0) is 63.3 Å². The monoisotopic (exact) mass is 295 g/mol. The second-order valence-corrected chi connectivity index (χ2v) is 5.92. The largest absolute Gasteiger partial charge is 0.494 e. The highest BCUT2D eigenvalue weighted by Gasteiger charge is 2.37. The van der Waals surface area contributed by atoms with Crippen LogP contribution in [0.25, 0.3) is 0 Å². The minimum Gasteiger partial charge on any atom is -0.494 e. The Bertz CT molecular complexity index is 516. The molecule has 1 fully saturated rings. The molecule has 21 heavy (non-hydrogen) atoms. The van der Waals surface area contributed by atoms with E-state index in [0.717, 1.165) is 12.8 Å². The molecule has 1 aliphatic carbocycles. The van der Waals surface area contributed by atoms with Crippen molar-refractivity contribution < 1.29 is 19.0 Å². The molecule has 0 spiro atoms. The van der Waals surface area contributed by atoms with E-state index in [1.165, 1.54) is 6.07 Å². The fourth-order valence-electron chi connectivity index (χ4n) is 2.24. The van der Waals surface area contributed by atoms with Crippen molar-refractivity contribution in [2.24, 2.45) is 0 Å². The summed E-state index contributed by atoms with van der Waals surface area (Å²) >= 11 is 0. The first-order chi connectivity index (χ1) is 9.90. The summed E-state index contributed by atoms with van der Waals surface area (Å²) in [6, 6.07) is 4.95. The van der Waals surface area contributed by atoms with Gasteiger partial charge >= 0.3 is 5.97 Å². The molecule has 2 N–H and O–H groups in total. The highest BCUT2D eigenvalue weighted by Crippen LogP contribution is 2.25. The van der Waals surface area contributed by atoms with E-state index in [1.54, 1.807) is 26.0 Å². The maximum absolute atomic E-state index is 13.1. The normalized spacial score (nSPS) is 17.3. The van der Waals surface area contributed by atoms with Crippen LogP contribution in [0.3, 0.4) is 0 Å². The number of benzene rings is 1. The van der Waals surface area contributed by atoms with Crippen LogP contribution in [0, 0.1) is 12.7 Å². The predicted octanol–water partition coefficient (Wildman–Crippen LogP) is 2.89. The average molecular weight is 295 g/mol. The lowest BCUT2D eigenvalue weighted by atomic mass is 9.96. The van der Waals surface area contributed by atoms with Gasteiger partial charge in [0.15, 0.2) is 0 Å². The summed E-state index contributed by atoms with van der Waals surface area (Å²) < 4.78 is 18.7. The highest BCUT2D eigenvalue weighted by molar-refractivity contribution is 5.78. The van der Waals surface area contributed by atoms with Crippen LogP contribution in [0.2, 0.25) is 0 Å². The van der Waals surface area contributed by atoms with Gasteiger partial charge in [-0.3, -0.25) is 10.1 Å². The molecule has 1 saturated carbocycles. The van der Waals surface area contributed by atoms with Gasteiger partial charge in [0.25, 0.3) is 0 Å². The molecular weight excluding hydrogens is 273 g/mol. The van der Waals surface area contributed by atoms with E-state index in [1.807, 2.05) is 0 Å². The standard InChI is InChI=1S/C16H22FNO3/c1-11-10-13(6-7-14(11)17)21-9-3-8-16(2,15(19)20)18-12-4-5-12/h6-7,10,12,18H,3-5,8-9H2,1-2H3,(H,19,20). The number of carboxylic acids is 1. The van der Waals surface area contributed by atoms with Crippen LogP contribution >= 0.6 is 0 Å². The Morgan fingerprint density at radius 3 is 2.81 bits per heavy atom. The van der Waals surface area contributed by atoms with E-state index in [9.17, 15) is 14.3 Å². The minimum absolute atomic E-state index is 0.255. The van der Waals surface area contributed by atoms with Gasteiger partial charge in [0.2, 0.25) is 0 Å². The molecule has 0 bridgehead atoms. The molecule has 2 rings (SSSR count). The summed E-state index contributed by atoms with van der Waals surface area (Å²) in [6.07, 6.45) is 3.22. The van der Waals surface area contributed by atoms with Gasteiger partial charge in [-0.2, -0.15) is 0 Å². The molecule has 1 atom stereocenters. The van der Waals surface area contributed by atoms with Crippen molar-refractivity contribution in [3.63, 3.8) is 0 Å². The van der Waals surface area contributed by atoms with E-state index in [0.29, 0.717) is 36.8 Å². The van der Waals surface area contributed by atoms with Crippen LogP contribution in [-0.4, -0.2) is 29.3 Å². The summed E-state index contributed by atoms with van der Waals surface area (Å²) in [4.78, 5) is 11.4. The number of rotatable bonds is 8. The number of aryl methyl sites for hydroxylation is 1. The van der Waals surface area contributed by atoms with Gasteiger partial charge in [0, 0.05) is 6.04 Å². The molecule has 1 unspecified atom stereocenters. The first-order valence-electron chi connectivity index (χ1n) is 7.31. The smallest absolute Gasteiger partial charge is 0.323 e. The Labute approximate surface area is 124 Å². The van der Waals surface area contributed by atoms with Crippen LogP contribution in [0.15, 0.2) is 18.2 Å². The predicted molar refractivity (Wildman–Crippen MR) is 78.1 cm³/mol. The van der Waals surface area contributed by atoms with Gasteiger partial charge in [-0.15, -0.1) is 0 Å². The zero-order chi connectivity index (χ0) is 15.5. The summed E-state index contributed by atoms with van der Waals surface area (Å²) in [5.74, 6) is -0.470. The van der Waals surface area contributed by atoms with Crippen LogP contribution < -0.4 is 10.1 Å².